The average molecular weight is 712 g/mol. The van der Waals surface area contributed by atoms with Gasteiger partial charge in [0.1, 0.15) is 34.5 Å². The molecule has 8 aromatic rings. The van der Waals surface area contributed by atoms with E-state index in [0.29, 0.717) is 0 Å². The number of benzene rings is 8. The van der Waals surface area contributed by atoms with Gasteiger partial charge in [0.25, 0.3) is 20.1 Å². The molecule has 0 amide bonds. The Balaban J connectivity index is 1.11. The van der Waals surface area contributed by atoms with Crippen molar-refractivity contribution in [1.82, 2.24) is 0 Å². The van der Waals surface area contributed by atoms with Crippen LogP contribution in [0.3, 0.4) is 0 Å². The van der Waals surface area contributed by atoms with Crippen LogP contribution in [0.15, 0.2) is 164 Å². The van der Waals surface area contributed by atoms with Gasteiger partial charge in [-0.2, -0.15) is 0 Å². The number of hydrogen-bond acceptors (Lipinski definition) is 5. The minimum atomic E-state index is -0.0483. The van der Waals surface area contributed by atoms with Crippen LogP contribution in [0.25, 0.3) is 0 Å². The Morgan fingerprint density at radius 1 is 0.304 bits per heavy atom. The lowest BCUT2D eigenvalue weighted by Crippen LogP contribution is -2.68. The number of rotatable bonds is 1. The summed E-state index contributed by atoms with van der Waals surface area (Å²) < 4.78 is 20.4. The van der Waals surface area contributed by atoms with E-state index >= 15 is 0 Å². The first kappa shape index (κ1) is 29.3. The number of para-hydroxylation sites is 5. The first-order valence-electron chi connectivity index (χ1n) is 19.4. The van der Waals surface area contributed by atoms with Crippen molar-refractivity contribution >= 4 is 103 Å². The Bertz CT molecular complexity index is 3080. The monoisotopic (exact) mass is 712 g/mol. The van der Waals surface area contributed by atoms with Crippen molar-refractivity contribution in [3.8, 4) is 34.5 Å². The van der Waals surface area contributed by atoms with Crippen molar-refractivity contribution in [3.63, 3.8) is 0 Å². The second-order valence-electron chi connectivity index (χ2n) is 15.5. The van der Waals surface area contributed by atoms with Crippen LogP contribution in [0, 0.1) is 0 Å². The van der Waals surface area contributed by atoms with Gasteiger partial charge in [-0.3, -0.25) is 0 Å². The van der Waals surface area contributed by atoms with Crippen LogP contribution in [-0.2, 0) is 0 Å². The molecule has 0 aromatic heterocycles. The summed E-state index contributed by atoms with van der Waals surface area (Å²) in [4.78, 5) is 4.97. The van der Waals surface area contributed by atoms with E-state index in [1.54, 1.807) is 0 Å². The fraction of sp³-hybridized carbons (Fsp3) is 0. The number of anilines is 6. The van der Waals surface area contributed by atoms with Crippen molar-refractivity contribution in [1.29, 1.82) is 0 Å². The third-order valence-corrected chi connectivity index (χ3v) is 12.8. The summed E-state index contributed by atoms with van der Waals surface area (Å²) in [5.74, 6) is 5.26. The molecule has 0 radical (unpaired) electrons. The molecule has 0 atom stereocenters. The van der Waals surface area contributed by atoms with Gasteiger partial charge in [-0.15, -0.1) is 0 Å². The molecule has 0 N–H and O–H groups in total. The van der Waals surface area contributed by atoms with Crippen LogP contribution in [0.2, 0.25) is 0 Å². The van der Waals surface area contributed by atoms with Gasteiger partial charge < -0.3 is 24.0 Å². The first-order valence-corrected chi connectivity index (χ1v) is 19.4. The molecule has 6 aliphatic heterocycles. The second-order valence-corrected chi connectivity index (χ2v) is 15.5. The van der Waals surface area contributed by atoms with Crippen LogP contribution >= 0.6 is 0 Å². The van der Waals surface area contributed by atoms with Gasteiger partial charge in [0.2, 0.25) is 0 Å². The lowest BCUT2D eigenvalue weighted by molar-refractivity contribution is 0.464. The number of nitrogens with zero attached hydrogens (tertiary/aromatic N) is 2. The lowest BCUT2D eigenvalue weighted by atomic mass is 9.28. The summed E-state index contributed by atoms with van der Waals surface area (Å²) in [5, 5.41) is 0. The molecule has 14 rings (SSSR count). The van der Waals surface area contributed by atoms with E-state index in [9.17, 15) is 0 Å². The molecule has 5 nitrogen and oxygen atoms in total. The van der Waals surface area contributed by atoms with Crippen molar-refractivity contribution in [2.24, 2.45) is 0 Å². The van der Waals surface area contributed by atoms with Gasteiger partial charge >= 0.3 is 0 Å². The van der Waals surface area contributed by atoms with E-state index in [1.165, 1.54) is 49.8 Å². The van der Waals surface area contributed by atoms with Gasteiger partial charge in [0.15, 0.2) is 0 Å². The maximum Gasteiger partial charge on any atom is 0.260 e. The average Bonchev–Trinajstić information content (AvgIpc) is 3.25. The quantitative estimate of drug-likeness (QED) is 0.212. The summed E-state index contributed by atoms with van der Waals surface area (Å²) in [6, 6.07) is 59.0. The number of hydrogen-bond donors (Lipinski definition) is 0. The predicted octanol–water partition coefficient (Wildman–Crippen LogP) is 5.43. The fourth-order valence-electron chi connectivity index (χ4n) is 10.7. The molecule has 8 aromatic carbocycles. The van der Waals surface area contributed by atoms with Crippen LogP contribution < -0.4 is 73.2 Å². The van der Waals surface area contributed by atoms with Crippen molar-refractivity contribution < 1.29 is 14.2 Å². The highest BCUT2D eigenvalue weighted by Crippen LogP contribution is 2.48. The summed E-state index contributed by atoms with van der Waals surface area (Å²) in [5.41, 5.74) is 17.9. The minimum absolute atomic E-state index is 0.0331. The molecule has 0 aliphatic carbocycles. The van der Waals surface area contributed by atoms with Gasteiger partial charge in [-0.1, -0.05) is 103 Å². The van der Waals surface area contributed by atoms with Crippen LogP contribution in [0.1, 0.15) is 0 Å². The highest BCUT2D eigenvalue weighted by atomic mass is 16.5. The lowest BCUT2D eigenvalue weighted by Gasteiger charge is -2.49. The predicted molar refractivity (Wildman–Crippen MR) is 229 cm³/mol. The molecule has 0 spiro atoms. The topological polar surface area (TPSA) is 34.2 Å². The SMILES string of the molecule is c1ccc(N2c3cc4c(cc3B3c5ccccc5N5c6ccccc6B6c7ccccc7Oc7cc2c3c5c76)B2c3ccccc3Oc3cccc(c32)O4)cc1. The zero-order chi connectivity index (χ0) is 36.2. The molecule has 0 saturated heterocycles. The molecule has 0 bridgehead atoms. The van der Waals surface area contributed by atoms with E-state index < -0.39 is 0 Å². The molecule has 56 heavy (non-hydrogen) atoms. The fourth-order valence-corrected chi connectivity index (χ4v) is 10.7. The normalized spacial score (nSPS) is 14.7. The van der Waals surface area contributed by atoms with E-state index in [4.69, 9.17) is 14.2 Å². The summed E-state index contributed by atoms with van der Waals surface area (Å²) >= 11 is 0. The Kier molecular flexibility index (Phi) is 5.43. The Hall–Kier alpha value is -7.05. The van der Waals surface area contributed by atoms with Gasteiger partial charge in [0, 0.05) is 51.7 Å². The molecule has 6 heterocycles. The molecule has 256 valence electrons. The van der Waals surface area contributed by atoms with Gasteiger partial charge in [-0.05, 0) is 92.2 Å². The van der Waals surface area contributed by atoms with Crippen LogP contribution in [-0.4, -0.2) is 20.1 Å². The maximum atomic E-state index is 6.99. The maximum absolute atomic E-state index is 6.99. The number of fused-ring (bicyclic) bond motifs is 14. The highest BCUT2D eigenvalue weighted by Gasteiger charge is 2.52. The molecule has 0 unspecified atom stereocenters. The Morgan fingerprint density at radius 3 is 1.52 bits per heavy atom. The third-order valence-electron chi connectivity index (χ3n) is 12.8. The second kappa shape index (κ2) is 10.4. The zero-order valence-corrected chi connectivity index (χ0v) is 29.9. The standard InChI is InChI=1S/C48H27B3N2O3/c1-2-13-28(14-3-1)52-37-26-43-34(51-32-18-7-10-21-39(32)54-41-23-12-24-42(56-43)46(41)51)25-33(37)50-30-16-5-9-20-36(30)53-35-19-8-4-15-29(35)49-31-17-6-11-22-40(31)55-44-27-38(52)45(50)48(53)47(44)49/h1-27H. The van der Waals surface area contributed by atoms with E-state index in [0.717, 1.165) is 67.9 Å². The zero-order valence-electron chi connectivity index (χ0n) is 29.9. The molecular weight excluding hydrogens is 685 g/mol. The molecule has 0 fully saturated rings. The van der Waals surface area contributed by atoms with E-state index in [1.807, 2.05) is 6.07 Å². The smallest absolute Gasteiger partial charge is 0.260 e. The summed E-state index contributed by atoms with van der Waals surface area (Å²) in [6.45, 7) is -0.0521. The molecule has 8 heteroatoms. The van der Waals surface area contributed by atoms with Crippen molar-refractivity contribution in [3.05, 3.63) is 164 Å². The van der Waals surface area contributed by atoms with Crippen molar-refractivity contribution in [2.45, 2.75) is 0 Å². The Morgan fingerprint density at radius 2 is 0.821 bits per heavy atom. The molecular formula is C48H27B3N2O3. The highest BCUT2D eigenvalue weighted by molar-refractivity contribution is 7.05. The summed E-state index contributed by atoms with van der Waals surface area (Å²) in [6.07, 6.45) is 0. The largest absolute Gasteiger partial charge is 0.458 e. The van der Waals surface area contributed by atoms with Crippen LogP contribution in [0.5, 0.6) is 34.5 Å². The minimum Gasteiger partial charge on any atom is -0.458 e. The van der Waals surface area contributed by atoms with E-state index in [2.05, 4.69) is 168 Å². The summed E-state index contributed by atoms with van der Waals surface area (Å²) in [7, 11) is 0. The third kappa shape index (κ3) is 3.56. The Labute approximate surface area is 324 Å². The first-order chi connectivity index (χ1) is 27.8. The van der Waals surface area contributed by atoms with Gasteiger partial charge in [0.05, 0.1) is 0 Å². The van der Waals surface area contributed by atoms with Gasteiger partial charge in [-0.25, -0.2) is 0 Å². The van der Waals surface area contributed by atoms with Crippen molar-refractivity contribution in [2.75, 3.05) is 9.80 Å². The van der Waals surface area contributed by atoms with Crippen LogP contribution in [0.4, 0.5) is 34.1 Å². The molecule has 0 saturated carbocycles. The number of ether oxygens (including phenoxy) is 3. The molecule has 6 aliphatic rings. The van der Waals surface area contributed by atoms with E-state index in [-0.39, 0.29) is 20.1 Å².